The van der Waals surface area contributed by atoms with Crippen LogP contribution in [0.4, 0.5) is 0 Å². The molecule has 3 nitrogen and oxygen atoms in total. The lowest BCUT2D eigenvalue weighted by Crippen LogP contribution is -2.27. The highest BCUT2D eigenvalue weighted by Gasteiger charge is 2.26. The van der Waals surface area contributed by atoms with Crippen molar-refractivity contribution >= 4 is 0 Å². The summed E-state index contributed by atoms with van der Waals surface area (Å²) < 4.78 is 0. The van der Waals surface area contributed by atoms with Gasteiger partial charge in [0.15, 0.2) is 0 Å². The summed E-state index contributed by atoms with van der Waals surface area (Å²) in [4.78, 5) is 6.73. The van der Waals surface area contributed by atoms with Crippen LogP contribution >= 0.6 is 0 Å². The van der Waals surface area contributed by atoms with Gasteiger partial charge in [-0.2, -0.15) is 0 Å². The SMILES string of the molecule is c1cncc(CN2CCC(CNC3CC3)C2)c1. The van der Waals surface area contributed by atoms with E-state index in [9.17, 15) is 0 Å². The normalized spacial score (nSPS) is 25.3. The largest absolute Gasteiger partial charge is 0.314 e. The number of aromatic nitrogens is 1. The summed E-state index contributed by atoms with van der Waals surface area (Å²) in [5, 5.41) is 3.64. The van der Waals surface area contributed by atoms with Gasteiger partial charge in [0, 0.05) is 31.5 Å². The molecular weight excluding hydrogens is 210 g/mol. The Kier molecular flexibility index (Phi) is 3.39. The van der Waals surface area contributed by atoms with E-state index in [2.05, 4.69) is 21.3 Å². The van der Waals surface area contributed by atoms with Gasteiger partial charge in [0.25, 0.3) is 0 Å². The molecule has 0 amide bonds. The van der Waals surface area contributed by atoms with E-state index in [0.717, 1.165) is 18.5 Å². The summed E-state index contributed by atoms with van der Waals surface area (Å²) in [7, 11) is 0. The van der Waals surface area contributed by atoms with Gasteiger partial charge in [-0.15, -0.1) is 0 Å². The minimum Gasteiger partial charge on any atom is -0.314 e. The summed E-state index contributed by atoms with van der Waals surface area (Å²) in [6.45, 7) is 4.77. The van der Waals surface area contributed by atoms with Crippen molar-refractivity contribution in [1.82, 2.24) is 15.2 Å². The van der Waals surface area contributed by atoms with E-state index in [0.29, 0.717) is 0 Å². The Hall–Kier alpha value is -0.930. The van der Waals surface area contributed by atoms with Gasteiger partial charge < -0.3 is 5.32 Å². The first-order valence-electron chi connectivity index (χ1n) is 6.75. The van der Waals surface area contributed by atoms with Crippen molar-refractivity contribution in [2.75, 3.05) is 19.6 Å². The van der Waals surface area contributed by atoms with Gasteiger partial charge in [-0.25, -0.2) is 0 Å². The lowest BCUT2D eigenvalue weighted by molar-refractivity contribution is 0.314. The van der Waals surface area contributed by atoms with Crippen LogP contribution in [0.1, 0.15) is 24.8 Å². The highest BCUT2D eigenvalue weighted by Crippen LogP contribution is 2.22. The fraction of sp³-hybridized carbons (Fsp3) is 0.643. The third kappa shape index (κ3) is 3.27. The average molecular weight is 231 g/mol. The molecule has 1 aliphatic carbocycles. The number of likely N-dealkylation sites (tertiary alicyclic amines) is 1. The third-order valence-electron chi connectivity index (χ3n) is 3.77. The minimum absolute atomic E-state index is 0.849. The summed E-state index contributed by atoms with van der Waals surface area (Å²) in [5.41, 5.74) is 1.34. The molecule has 1 N–H and O–H groups in total. The van der Waals surface area contributed by atoms with Crippen LogP contribution in [0.15, 0.2) is 24.5 Å². The van der Waals surface area contributed by atoms with Gasteiger partial charge in [0.1, 0.15) is 0 Å². The molecule has 2 heterocycles. The van der Waals surface area contributed by atoms with Gasteiger partial charge in [-0.1, -0.05) is 6.07 Å². The maximum Gasteiger partial charge on any atom is 0.0312 e. The monoisotopic (exact) mass is 231 g/mol. The first kappa shape index (κ1) is 11.2. The molecule has 0 radical (unpaired) electrons. The second-order valence-electron chi connectivity index (χ2n) is 5.43. The van der Waals surface area contributed by atoms with E-state index in [1.165, 1.54) is 44.5 Å². The van der Waals surface area contributed by atoms with Gasteiger partial charge >= 0.3 is 0 Å². The summed E-state index contributed by atoms with van der Waals surface area (Å²) in [6, 6.07) is 5.04. The van der Waals surface area contributed by atoms with Gasteiger partial charge in [0.2, 0.25) is 0 Å². The van der Waals surface area contributed by atoms with Crippen molar-refractivity contribution < 1.29 is 0 Å². The van der Waals surface area contributed by atoms with Gasteiger partial charge in [-0.3, -0.25) is 9.88 Å². The van der Waals surface area contributed by atoms with Crippen LogP contribution in [0.25, 0.3) is 0 Å². The number of hydrogen-bond acceptors (Lipinski definition) is 3. The molecule has 2 fully saturated rings. The molecule has 3 heteroatoms. The Bertz CT molecular complexity index is 348. The third-order valence-corrected chi connectivity index (χ3v) is 3.77. The van der Waals surface area contributed by atoms with Gasteiger partial charge in [0.05, 0.1) is 0 Å². The number of pyridine rings is 1. The van der Waals surface area contributed by atoms with E-state index in [-0.39, 0.29) is 0 Å². The van der Waals surface area contributed by atoms with Crippen LogP contribution in [0.3, 0.4) is 0 Å². The molecule has 1 saturated heterocycles. The van der Waals surface area contributed by atoms with E-state index in [4.69, 9.17) is 0 Å². The van der Waals surface area contributed by atoms with Crippen LogP contribution in [0.5, 0.6) is 0 Å². The summed E-state index contributed by atoms with van der Waals surface area (Å²) >= 11 is 0. The maximum atomic E-state index is 4.17. The molecule has 1 atom stereocenters. The summed E-state index contributed by atoms with van der Waals surface area (Å²) in [6.07, 6.45) is 7.96. The van der Waals surface area contributed by atoms with Gasteiger partial charge in [-0.05, 0) is 49.9 Å². The molecule has 2 aliphatic rings. The van der Waals surface area contributed by atoms with Crippen LogP contribution < -0.4 is 5.32 Å². The van der Waals surface area contributed by atoms with Crippen molar-refractivity contribution in [1.29, 1.82) is 0 Å². The Morgan fingerprint density at radius 3 is 3.06 bits per heavy atom. The fourth-order valence-electron chi connectivity index (χ4n) is 2.59. The molecule has 1 aromatic rings. The molecule has 1 saturated carbocycles. The van der Waals surface area contributed by atoms with Crippen molar-refractivity contribution in [2.45, 2.75) is 31.8 Å². The predicted molar refractivity (Wildman–Crippen MR) is 68.6 cm³/mol. The van der Waals surface area contributed by atoms with Crippen molar-refractivity contribution in [3.05, 3.63) is 30.1 Å². The zero-order valence-corrected chi connectivity index (χ0v) is 10.3. The first-order chi connectivity index (χ1) is 8.40. The highest BCUT2D eigenvalue weighted by molar-refractivity contribution is 5.08. The molecule has 92 valence electrons. The number of nitrogens with one attached hydrogen (secondary N) is 1. The Morgan fingerprint density at radius 1 is 1.35 bits per heavy atom. The zero-order valence-electron chi connectivity index (χ0n) is 10.3. The quantitative estimate of drug-likeness (QED) is 0.835. The second-order valence-corrected chi connectivity index (χ2v) is 5.43. The van der Waals surface area contributed by atoms with Crippen LogP contribution in [0.2, 0.25) is 0 Å². The maximum absolute atomic E-state index is 4.17. The van der Waals surface area contributed by atoms with E-state index < -0.39 is 0 Å². The molecule has 0 bridgehead atoms. The molecule has 0 spiro atoms. The Labute approximate surface area is 103 Å². The fourth-order valence-corrected chi connectivity index (χ4v) is 2.59. The first-order valence-corrected chi connectivity index (χ1v) is 6.75. The van der Waals surface area contributed by atoms with Crippen LogP contribution in [-0.2, 0) is 6.54 Å². The van der Waals surface area contributed by atoms with Crippen molar-refractivity contribution in [3.63, 3.8) is 0 Å². The summed E-state index contributed by atoms with van der Waals surface area (Å²) in [5.74, 6) is 0.854. The minimum atomic E-state index is 0.849. The lowest BCUT2D eigenvalue weighted by Gasteiger charge is -2.16. The average Bonchev–Trinajstić information content (AvgIpc) is 3.09. The number of nitrogens with zero attached hydrogens (tertiary/aromatic N) is 2. The smallest absolute Gasteiger partial charge is 0.0312 e. The van der Waals surface area contributed by atoms with Crippen LogP contribution in [-0.4, -0.2) is 35.6 Å². The molecule has 3 rings (SSSR count). The standard InChI is InChI=1S/C14H21N3/c1-2-12(8-15-6-1)10-17-7-5-13(11-17)9-16-14-3-4-14/h1-2,6,8,13-14,16H,3-5,7,9-11H2. The van der Waals surface area contributed by atoms with E-state index in [1.54, 1.807) is 0 Å². The molecule has 1 aliphatic heterocycles. The lowest BCUT2D eigenvalue weighted by atomic mass is 10.1. The molecule has 0 aromatic carbocycles. The van der Waals surface area contributed by atoms with Crippen LogP contribution in [0, 0.1) is 5.92 Å². The Balaban J connectivity index is 1.43. The topological polar surface area (TPSA) is 28.2 Å². The van der Waals surface area contributed by atoms with E-state index >= 15 is 0 Å². The van der Waals surface area contributed by atoms with Crippen molar-refractivity contribution in [3.8, 4) is 0 Å². The zero-order chi connectivity index (χ0) is 11.5. The molecule has 17 heavy (non-hydrogen) atoms. The predicted octanol–water partition coefficient (Wildman–Crippen LogP) is 1.66. The second kappa shape index (κ2) is 5.15. The number of rotatable bonds is 5. The highest BCUT2D eigenvalue weighted by atomic mass is 15.1. The molecule has 1 unspecified atom stereocenters. The molecule has 1 aromatic heterocycles. The molecular formula is C14H21N3. The van der Waals surface area contributed by atoms with E-state index in [1.807, 2.05) is 18.5 Å². The van der Waals surface area contributed by atoms with Crippen molar-refractivity contribution in [2.24, 2.45) is 5.92 Å². The number of hydrogen-bond donors (Lipinski definition) is 1. The Morgan fingerprint density at radius 2 is 2.29 bits per heavy atom.